The van der Waals surface area contributed by atoms with Crippen LogP contribution in [0.2, 0.25) is 0 Å². The maximum absolute atomic E-state index is 12.3. The summed E-state index contributed by atoms with van der Waals surface area (Å²) in [6.45, 7) is 5.14. The fourth-order valence-electron chi connectivity index (χ4n) is 2.66. The third-order valence-corrected chi connectivity index (χ3v) is 4.99. The van der Waals surface area contributed by atoms with E-state index in [0.29, 0.717) is 45.9 Å². The largest absolute Gasteiger partial charge is 0.507 e. The number of methoxy groups -OCH3 is 2. The maximum atomic E-state index is 12.3. The predicted octanol–water partition coefficient (Wildman–Crippen LogP) is 2.54. The quantitative estimate of drug-likeness (QED) is 0.384. The van der Waals surface area contributed by atoms with Gasteiger partial charge in [0.25, 0.3) is 5.89 Å². The van der Waals surface area contributed by atoms with E-state index in [0.717, 1.165) is 0 Å². The first-order valence-corrected chi connectivity index (χ1v) is 9.59. The summed E-state index contributed by atoms with van der Waals surface area (Å²) in [7, 11) is 2.77. The van der Waals surface area contributed by atoms with Crippen LogP contribution < -0.4 is 10.5 Å². The molecule has 1 aromatic heterocycles. The van der Waals surface area contributed by atoms with E-state index in [1.165, 1.54) is 32.0 Å². The second-order valence-electron chi connectivity index (χ2n) is 6.05. The van der Waals surface area contributed by atoms with E-state index >= 15 is 0 Å². The molecule has 10 heteroatoms. The number of benzene rings is 1. The van der Waals surface area contributed by atoms with Gasteiger partial charge in [-0.2, -0.15) is 16.7 Å². The molecule has 152 valence electrons. The Balaban J connectivity index is 2.26. The van der Waals surface area contributed by atoms with E-state index in [2.05, 4.69) is 15.1 Å². The van der Waals surface area contributed by atoms with E-state index < -0.39 is 12.0 Å². The number of aryl methyl sites for hydroxylation is 1. The Morgan fingerprint density at radius 1 is 1.43 bits per heavy atom. The Labute approximate surface area is 167 Å². The second kappa shape index (κ2) is 9.45. The van der Waals surface area contributed by atoms with Crippen molar-refractivity contribution in [1.82, 2.24) is 10.1 Å². The fraction of sp³-hybridized carbons (Fsp3) is 0.444. The van der Waals surface area contributed by atoms with Crippen molar-refractivity contribution >= 4 is 23.6 Å². The lowest BCUT2D eigenvalue weighted by Crippen LogP contribution is -2.12. The van der Waals surface area contributed by atoms with Crippen LogP contribution in [-0.2, 0) is 10.5 Å². The Kier molecular flexibility index (Phi) is 7.27. The van der Waals surface area contributed by atoms with Crippen molar-refractivity contribution in [3.63, 3.8) is 0 Å². The average molecular weight is 408 g/mol. The highest BCUT2D eigenvalue weighted by Crippen LogP contribution is 2.36. The maximum Gasteiger partial charge on any atom is 0.338 e. The third-order valence-electron chi connectivity index (χ3n) is 3.94. The highest BCUT2D eigenvalue weighted by Gasteiger charge is 2.23. The molecule has 0 radical (unpaired) electrons. The molecule has 9 nitrogen and oxygen atoms in total. The minimum Gasteiger partial charge on any atom is -0.507 e. The van der Waals surface area contributed by atoms with Crippen molar-refractivity contribution in [2.75, 3.05) is 20.0 Å². The molecule has 0 saturated heterocycles. The van der Waals surface area contributed by atoms with Gasteiger partial charge in [0.2, 0.25) is 0 Å². The van der Waals surface area contributed by atoms with Crippen LogP contribution in [0.25, 0.3) is 0 Å². The number of aromatic nitrogens is 2. The number of phenolic OH excluding ortho intramolecular Hbond substituents is 1. The number of amidine groups is 1. The first kappa shape index (κ1) is 21.5. The Bertz CT molecular complexity index is 877. The van der Waals surface area contributed by atoms with E-state index in [1.54, 1.807) is 20.8 Å². The van der Waals surface area contributed by atoms with Crippen LogP contribution in [-0.4, -0.2) is 47.0 Å². The van der Waals surface area contributed by atoms with Crippen molar-refractivity contribution in [2.24, 2.45) is 10.7 Å². The van der Waals surface area contributed by atoms with Crippen LogP contribution in [0, 0.1) is 13.8 Å². The first-order chi connectivity index (χ1) is 13.3. The van der Waals surface area contributed by atoms with Crippen molar-refractivity contribution in [3.05, 3.63) is 34.5 Å². The summed E-state index contributed by atoms with van der Waals surface area (Å²) in [6, 6.07) is 1.05. The van der Waals surface area contributed by atoms with Crippen molar-refractivity contribution < 1.29 is 23.9 Å². The van der Waals surface area contributed by atoms with Gasteiger partial charge in [-0.1, -0.05) is 5.16 Å². The first-order valence-electron chi connectivity index (χ1n) is 8.44. The second-order valence-corrected chi connectivity index (χ2v) is 7.08. The molecule has 0 saturated carbocycles. The Morgan fingerprint density at radius 2 is 2.14 bits per heavy atom. The zero-order chi connectivity index (χ0) is 20.8. The number of ether oxygens (including phenoxy) is 2. The molecule has 0 amide bonds. The molecule has 0 fully saturated rings. The summed E-state index contributed by atoms with van der Waals surface area (Å²) in [4.78, 5) is 20.8. The molecule has 1 aromatic carbocycles. The van der Waals surface area contributed by atoms with E-state index in [-0.39, 0.29) is 11.3 Å². The summed E-state index contributed by atoms with van der Waals surface area (Å²) in [5, 5.41) is 14.2. The fourth-order valence-corrected chi connectivity index (χ4v) is 3.72. The summed E-state index contributed by atoms with van der Waals surface area (Å²) >= 11 is 1.44. The zero-order valence-corrected chi connectivity index (χ0v) is 17.3. The van der Waals surface area contributed by atoms with E-state index in [4.69, 9.17) is 19.7 Å². The van der Waals surface area contributed by atoms with Gasteiger partial charge in [-0.05, 0) is 20.8 Å². The monoisotopic (exact) mass is 408 g/mol. The average Bonchev–Trinajstić information content (AvgIpc) is 3.08. The number of hydrogen-bond donors (Lipinski definition) is 2. The van der Waals surface area contributed by atoms with Crippen LogP contribution in [0.4, 0.5) is 0 Å². The lowest BCUT2D eigenvalue weighted by Gasteiger charge is -2.16. The van der Waals surface area contributed by atoms with Gasteiger partial charge in [-0.25, -0.2) is 4.79 Å². The number of esters is 1. The van der Waals surface area contributed by atoms with Gasteiger partial charge >= 0.3 is 5.97 Å². The molecule has 2 rings (SSSR count). The smallest absolute Gasteiger partial charge is 0.338 e. The van der Waals surface area contributed by atoms with Gasteiger partial charge in [-0.3, -0.25) is 4.99 Å². The zero-order valence-electron chi connectivity index (χ0n) is 16.5. The molecule has 0 aliphatic carbocycles. The number of carbonyl (C=O) groups excluding carboxylic acids is 1. The minimum absolute atomic E-state index is 0.0426. The molecule has 3 N–H and O–H groups in total. The van der Waals surface area contributed by atoms with Gasteiger partial charge in [-0.15, -0.1) is 0 Å². The number of hydrogen-bond acceptors (Lipinski definition) is 9. The van der Waals surface area contributed by atoms with Crippen molar-refractivity contribution in [2.45, 2.75) is 32.6 Å². The SMILES string of the molecule is COC(=O)c1c(C)c(OC)cc(O)c1CSC[C@H](N=C(C)N)c1nc(C)no1. The summed E-state index contributed by atoms with van der Waals surface area (Å²) in [5.74, 6) is 1.88. The number of phenols is 1. The normalized spacial score (nSPS) is 12.7. The lowest BCUT2D eigenvalue weighted by atomic mass is 10.0. The standard InChI is InChI=1S/C18H24N4O5S/c1-9-15(25-4)6-14(23)12(16(9)18(24)26-5)7-28-8-13(20-10(2)19)17-21-11(3)22-27-17/h6,13,23H,7-8H2,1-5H3,(H2,19,20)/t13-/m0/s1. The lowest BCUT2D eigenvalue weighted by molar-refractivity contribution is 0.0598. The van der Waals surface area contributed by atoms with Crippen molar-refractivity contribution in [3.8, 4) is 11.5 Å². The molecule has 0 aliphatic rings. The number of thioether (sulfide) groups is 1. The van der Waals surface area contributed by atoms with E-state index in [1.807, 2.05) is 0 Å². The van der Waals surface area contributed by atoms with Crippen LogP contribution >= 0.6 is 11.8 Å². The molecule has 0 unspecified atom stereocenters. The molecule has 1 atom stereocenters. The van der Waals surface area contributed by atoms with E-state index in [9.17, 15) is 9.90 Å². The van der Waals surface area contributed by atoms with Gasteiger partial charge in [0.15, 0.2) is 5.82 Å². The summed E-state index contributed by atoms with van der Waals surface area (Å²) < 4.78 is 15.3. The molecule has 0 spiro atoms. The Morgan fingerprint density at radius 3 is 2.68 bits per heavy atom. The van der Waals surface area contributed by atoms with Crippen LogP contribution in [0.15, 0.2) is 15.6 Å². The number of carbonyl (C=O) groups is 1. The van der Waals surface area contributed by atoms with Crippen LogP contribution in [0.1, 0.15) is 46.2 Å². The summed E-state index contributed by atoms with van der Waals surface area (Å²) in [5.41, 5.74) is 7.06. The Hall–Kier alpha value is -2.75. The van der Waals surface area contributed by atoms with Gasteiger partial charge in [0.1, 0.15) is 17.5 Å². The number of nitrogens with zero attached hydrogens (tertiary/aromatic N) is 3. The van der Waals surface area contributed by atoms with Gasteiger partial charge < -0.3 is 24.8 Å². The summed E-state index contributed by atoms with van der Waals surface area (Å²) in [6.07, 6.45) is 0. The number of nitrogens with two attached hydrogens (primary N) is 1. The van der Waals surface area contributed by atoms with Gasteiger partial charge in [0, 0.05) is 28.7 Å². The molecule has 1 heterocycles. The number of aromatic hydroxyl groups is 1. The number of aliphatic imine (C=N–C) groups is 1. The molecule has 0 bridgehead atoms. The van der Waals surface area contributed by atoms with Gasteiger partial charge in [0.05, 0.1) is 25.6 Å². The molecule has 28 heavy (non-hydrogen) atoms. The highest BCUT2D eigenvalue weighted by molar-refractivity contribution is 7.98. The van der Waals surface area contributed by atoms with Crippen LogP contribution in [0.3, 0.4) is 0 Å². The predicted molar refractivity (Wildman–Crippen MR) is 106 cm³/mol. The molecular weight excluding hydrogens is 384 g/mol. The number of rotatable bonds is 8. The third kappa shape index (κ3) is 4.94. The molecule has 2 aromatic rings. The van der Waals surface area contributed by atoms with Crippen LogP contribution in [0.5, 0.6) is 11.5 Å². The minimum atomic E-state index is -0.540. The van der Waals surface area contributed by atoms with Crippen molar-refractivity contribution in [1.29, 1.82) is 0 Å². The molecule has 0 aliphatic heterocycles. The highest BCUT2D eigenvalue weighted by atomic mass is 32.2. The molecular formula is C18H24N4O5S. The topological polar surface area (TPSA) is 133 Å².